The van der Waals surface area contributed by atoms with Gasteiger partial charge in [-0.25, -0.2) is 9.97 Å². The lowest BCUT2D eigenvalue weighted by molar-refractivity contribution is -0.0140. The molecule has 178 valence electrons. The number of carbonyl (C=O) groups excluding carboxylic acids is 1. The second-order valence-electron chi connectivity index (χ2n) is 9.30. The molecule has 34 heavy (non-hydrogen) atoms. The van der Waals surface area contributed by atoms with E-state index in [-0.39, 0.29) is 18.6 Å². The van der Waals surface area contributed by atoms with E-state index in [4.69, 9.17) is 9.47 Å². The summed E-state index contributed by atoms with van der Waals surface area (Å²) in [6, 6.07) is 8.32. The van der Waals surface area contributed by atoms with Gasteiger partial charge in [-0.05, 0) is 39.9 Å². The number of likely N-dealkylation sites (tertiary alicyclic amines) is 1. The van der Waals surface area contributed by atoms with Crippen molar-refractivity contribution >= 4 is 27.5 Å². The zero-order chi connectivity index (χ0) is 23.3. The molecule has 3 atom stereocenters. The summed E-state index contributed by atoms with van der Waals surface area (Å²) >= 11 is 3.41. The Morgan fingerprint density at radius 1 is 1.26 bits per heavy atom. The lowest BCUT2D eigenvalue weighted by Crippen LogP contribution is -2.65. The van der Waals surface area contributed by atoms with Gasteiger partial charge >= 0.3 is 0 Å². The number of aliphatic hydroxyl groups is 1. The molecule has 3 aliphatic rings. The van der Waals surface area contributed by atoms with E-state index in [1.807, 2.05) is 12.1 Å². The fourth-order valence-corrected chi connectivity index (χ4v) is 5.58. The van der Waals surface area contributed by atoms with Gasteiger partial charge in [0, 0.05) is 38.4 Å². The third kappa shape index (κ3) is 3.88. The molecule has 1 unspecified atom stereocenters. The molecule has 9 nitrogen and oxygen atoms in total. The van der Waals surface area contributed by atoms with Crippen LogP contribution in [-0.2, 0) is 17.7 Å². The first kappa shape index (κ1) is 22.0. The molecular weight excluding hydrogens is 502 g/mol. The Labute approximate surface area is 205 Å². The van der Waals surface area contributed by atoms with Gasteiger partial charge in [-0.1, -0.05) is 24.3 Å². The normalized spacial score (nSPS) is 26.7. The Morgan fingerprint density at radius 3 is 2.91 bits per heavy atom. The minimum absolute atomic E-state index is 0.0805. The second-order valence-corrected chi connectivity index (χ2v) is 10.1. The molecule has 2 saturated heterocycles. The highest BCUT2D eigenvalue weighted by molar-refractivity contribution is 9.10. The number of nitrogens with zero attached hydrogens (tertiary/aromatic N) is 4. The highest BCUT2D eigenvalue weighted by Crippen LogP contribution is 2.33. The SMILES string of the molecule is O=C(c1cn2cc(Br)nc(OC3CCOC3)c2n1)N1CC[C@]2(Cc3ccccc3CN2)[C@H](O)C1. The van der Waals surface area contributed by atoms with Crippen molar-refractivity contribution in [1.82, 2.24) is 24.6 Å². The largest absolute Gasteiger partial charge is 0.469 e. The highest BCUT2D eigenvalue weighted by atomic mass is 79.9. The number of benzene rings is 1. The number of carbonyl (C=O) groups is 1. The van der Waals surface area contributed by atoms with Crippen molar-refractivity contribution in [2.24, 2.45) is 0 Å². The Kier molecular flexibility index (Phi) is 5.56. The minimum atomic E-state index is -0.673. The van der Waals surface area contributed by atoms with E-state index in [9.17, 15) is 9.90 Å². The van der Waals surface area contributed by atoms with E-state index in [1.165, 1.54) is 11.1 Å². The fraction of sp³-hybridized carbons (Fsp3) is 0.458. The average molecular weight is 528 g/mol. The zero-order valence-corrected chi connectivity index (χ0v) is 20.2. The summed E-state index contributed by atoms with van der Waals surface area (Å²) < 4.78 is 13.7. The van der Waals surface area contributed by atoms with Crippen LogP contribution in [0.15, 0.2) is 41.3 Å². The van der Waals surface area contributed by atoms with Crippen molar-refractivity contribution in [3.63, 3.8) is 0 Å². The summed E-state index contributed by atoms with van der Waals surface area (Å²) in [4.78, 5) is 24.0. The summed E-state index contributed by atoms with van der Waals surface area (Å²) in [5.74, 6) is 0.159. The van der Waals surface area contributed by atoms with E-state index in [0.717, 1.165) is 19.4 Å². The Bertz CT molecular complexity index is 1240. The van der Waals surface area contributed by atoms with E-state index in [2.05, 4.69) is 43.3 Å². The van der Waals surface area contributed by atoms with Crippen LogP contribution in [0.4, 0.5) is 0 Å². The number of imidazole rings is 1. The maximum atomic E-state index is 13.4. The molecule has 0 saturated carbocycles. The summed E-state index contributed by atoms with van der Waals surface area (Å²) in [5, 5.41) is 14.7. The number of β-amino-alcohol motifs (C(OH)–C–C–N with tert-alkyl or cyclic N) is 1. The van der Waals surface area contributed by atoms with Crippen LogP contribution in [0.3, 0.4) is 0 Å². The molecule has 1 aromatic carbocycles. The molecule has 2 aromatic heterocycles. The van der Waals surface area contributed by atoms with Crippen LogP contribution < -0.4 is 10.1 Å². The third-order valence-corrected chi connectivity index (χ3v) is 7.55. The number of aromatic nitrogens is 3. The quantitative estimate of drug-likeness (QED) is 0.536. The van der Waals surface area contributed by atoms with Crippen LogP contribution in [0, 0.1) is 0 Å². The molecule has 3 aromatic rings. The van der Waals surface area contributed by atoms with Gasteiger partial charge in [0.1, 0.15) is 16.4 Å². The first-order valence-electron chi connectivity index (χ1n) is 11.6. The third-order valence-electron chi connectivity index (χ3n) is 7.16. The number of rotatable bonds is 3. The van der Waals surface area contributed by atoms with E-state index >= 15 is 0 Å². The van der Waals surface area contributed by atoms with Crippen LogP contribution in [-0.4, -0.2) is 74.3 Å². The molecule has 2 N–H and O–H groups in total. The molecule has 1 amide bonds. The molecule has 0 aliphatic carbocycles. The van der Waals surface area contributed by atoms with Crippen molar-refractivity contribution in [1.29, 1.82) is 0 Å². The second kappa shape index (κ2) is 8.60. The molecule has 5 heterocycles. The van der Waals surface area contributed by atoms with Gasteiger partial charge in [0.2, 0.25) is 5.65 Å². The van der Waals surface area contributed by atoms with Gasteiger partial charge in [-0.2, -0.15) is 0 Å². The van der Waals surface area contributed by atoms with Gasteiger partial charge in [0.05, 0.1) is 24.9 Å². The number of hydrogen-bond donors (Lipinski definition) is 2. The van der Waals surface area contributed by atoms with Crippen molar-refractivity contribution in [2.45, 2.75) is 43.6 Å². The van der Waals surface area contributed by atoms with Crippen molar-refractivity contribution in [2.75, 3.05) is 26.3 Å². The van der Waals surface area contributed by atoms with E-state index < -0.39 is 11.6 Å². The van der Waals surface area contributed by atoms with E-state index in [0.29, 0.717) is 48.0 Å². The lowest BCUT2D eigenvalue weighted by Gasteiger charge is -2.48. The standard InChI is InChI=1S/C24H26BrN5O4/c25-20-13-30-11-18(27-21(30)22(28-20)34-17-5-8-33-14-17)23(32)29-7-6-24(19(31)12-29)9-15-3-1-2-4-16(15)10-26-24/h1-4,11,13,17,19,26,31H,5-10,12,14H2/t17?,19-,24+/m1/s1. The number of aliphatic hydroxyl groups excluding tert-OH is 1. The van der Waals surface area contributed by atoms with Crippen molar-refractivity contribution < 1.29 is 19.4 Å². The minimum Gasteiger partial charge on any atom is -0.469 e. The summed E-state index contributed by atoms with van der Waals surface area (Å²) in [6.07, 6.45) is 4.90. The number of fused-ring (bicyclic) bond motifs is 2. The van der Waals surface area contributed by atoms with Crippen LogP contribution in [0.25, 0.3) is 5.65 Å². The molecule has 0 radical (unpaired) electrons. The van der Waals surface area contributed by atoms with Crippen molar-refractivity contribution in [3.05, 3.63) is 58.1 Å². The van der Waals surface area contributed by atoms with Crippen LogP contribution in [0.5, 0.6) is 5.88 Å². The molecule has 6 rings (SSSR count). The number of halogens is 1. The maximum Gasteiger partial charge on any atom is 0.274 e. The summed E-state index contributed by atoms with van der Waals surface area (Å²) in [7, 11) is 0. The lowest BCUT2D eigenvalue weighted by atomic mass is 9.76. The number of ether oxygens (including phenoxy) is 2. The number of hydrogen-bond acceptors (Lipinski definition) is 7. The smallest absolute Gasteiger partial charge is 0.274 e. The molecule has 10 heteroatoms. The zero-order valence-electron chi connectivity index (χ0n) is 18.6. The molecule has 0 bridgehead atoms. The Hall–Kier alpha value is -2.53. The number of piperidine rings is 1. The molecule has 3 aliphatic heterocycles. The average Bonchev–Trinajstić information content (AvgIpc) is 3.50. The monoisotopic (exact) mass is 527 g/mol. The van der Waals surface area contributed by atoms with Gasteiger partial charge in [0.25, 0.3) is 11.8 Å². The van der Waals surface area contributed by atoms with Crippen molar-refractivity contribution in [3.8, 4) is 5.88 Å². The molecule has 1 spiro atoms. The van der Waals surface area contributed by atoms with Crippen LogP contribution in [0.2, 0.25) is 0 Å². The fourth-order valence-electron chi connectivity index (χ4n) is 5.20. The van der Waals surface area contributed by atoms with Gasteiger partial charge in [-0.15, -0.1) is 0 Å². The number of amides is 1. The van der Waals surface area contributed by atoms with Crippen LogP contribution in [0.1, 0.15) is 34.5 Å². The topological polar surface area (TPSA) is 101 Å². The first-order valence-corrected chi connectivity index (χ1v) is 12.4. The van der Waals surface area contributed by atoms with Gasteiger partial charge in [0.15, 0.2) is 0 Å². The first-order chi connectivity index (χ1) is 16.5. The molecule has 2 fully saturated rings. The summed E-state index contributed by atoms with van der Waals surface area (Å²) in [5.41, 5.74) is 2.91. The Morgan fingerprint density at radius 2 is 2.12 bits per heavy atom. The predicted octanol–water partition coefficient (Wildman–Crippen LogP) is 1.95. The summed E-state index contributed by atoms with van der Waals surface area (Å²) in [6.45, 7) is 2.70. The molecular formula is C24H26BrN5O4. The van der Waals surface area contributed by atoms with Gasteiger partial charge in [-0.3, -0.25) is 9.20 Å². The van der Waals surface area contributed by atoms with Gasteiger partial charge < -0.3 is 24.8 Å². The highest BCUT2D eigenvalue weighted by Gasteiger charge is 2.45. The predicted molar refractivity (Wildman–Crippen MR) is 127 cm³/mol. The van der Waals surface area contributed by atoms with Crippen LogP contribution >= 0.6 is 15.9 Å². The Balaban J connectivity index is 1.21. The van der Waals surface area contributed by atoms with E-state index in [1.54, 1.807) is 21.7 Å². The maximum absolute atomic E-state index is 13.4. The number of nitrogens with one attached hydrogen (secondary N) is 1.